The first-order valence-electron chi connectivity index (χ1n) is 10.3. The second-order valence-corrected chi connectivity index (χ2v) is 9.05. The molecule has 0 unspecified atom stereocenters. The minimum atomic E-state index is -1.16. The number of nitrogens with zero attached hydrogens (tertiary/aromatic N) is 2. The molecule has 3 aliphatic heterocycles. The standard InChI is InChI=1S/C25H19N3O3S/c29-18-12-10-16(11-13-18)14-23-24(30)26-25(32-23)28-21(19-8-4-5-9-22(19)31-25)15-20(27-28)17-6-2-1-3-7-17/h1-14,21,29H,15H2,(H,26,30)/b23-14-/t21-,25-/m0/s1. The van der Waals surface area contributed by atoms with Gasteiger partial charge in [0.25, 0.3) is 5.91 Å². The van der Waals surface area contributed by atoms with Gasteiger partial charge in [-0.15, -0.1) is 0 Å². The summed E-state index contributed by atoms with van der Waals surface area (Å²) < 4.78 is 6.41. The molecule has 0 saturated carbocycles. The van der Waals surface area contributed by atoms with Gasteiger partial charge in [-0.1, -0.05) is 60.7 Å². The fraction of sp³-hybridized carbons (Fsp3) is 0.120. The van der Waals surface area contributed by atoms with Crippen LogP contribution in [0.25, 0.3) is 6.08 Å². The third-order valence-electron chi connectivity index (χ3n) is 5.78. The summed E-state index contributed by atoms with van der Waals surface area (Å²) in [5, 5.41) is 18.2. The Balaban J connectivity index is 1.42. The third kappa shape index (κ3) is 3.05. The Kier molecular flexibility index (Phi) is 4.26. The van der Waals surface area contributed by atoms with Crippen LogP contribution in [-0.4, -0.2) is 26.9 Å². The molecule has 0 radical (unpaired) electrons. The lowest BCUT2D eigenvalue weighted by atomic mass is 9.97. The molecule has 2 N–H and O–H groups in total. The van der Waals surface area contributed by atoms with Gasteiger partial charge in [-0.25, -0.2) is 5.01 Å². The Morgan fingerprint density at radius 2 is 1.81 bits per heavy atom. The van der Waals surface area contributed by atoms with Crippen LogP contribution >= 0.6 is 11.8 Å². The maximum atomic E-state index is 13.0. The van der Waals surface area contributed by atoms with Crippen LogP contribution in [0.4, 0.5) is 0 Å². The number of carbonyl (C=O) groups excluding carboxylic acids is 1. The number of ether oxygens (including phenoxy) is 1. The molecule has 32 heavy (non-hydrogen) atoms. The summed E-state index contributed by atoms with van der Waals surface area (Å²) in [6, 6.07) is 24.7. The molecule has 1 fully saturated rings. The van der Waals surface area contributed by atoms with Crippen molar-refractivity contribution in [3.8, 4) is 11.5 Å². The van der Waals surface area contributed by atoms with Crippen molar-refractivity contribution in [1.29, 1.82) is 0 Å². The van der Waals surface area contributed by atoms with Gasteiger partial charge in [0.2, 0.25) is 0 Å². The van der Waals surface area contributed by atoms with Crippen molar-refractivity contribution in [3.05, 3.63) is 100 Å². The Morgan fingerprint density at radius 3 is 2.62 bits per heavy atom. The molecule has 0 aliphatic carbocycles. The van der Waals surface area contributed by atoms with Crippen LogP contribution in [0.1, 0.15) is 29.2 Å². The van der Waals surface area contributed by atoms with Crippen LogP contribution in [-0.2, 0) is 4.79 Å². The van der Waals surface area contributed by atoms with E-state index in [9.17, 15) is 9.90 Å². The van der Waals surface area contributed by atoms with E-state index in [1.165, 1.54) is 11.8 Å². The molecule has 3 heterocycles. The van der Waals surface area contributed by atoms with Crippen LogP contribution in [0.15, 0.2) is 88.9 Å². The number of benzene rings is 3. The van der Waals surface area contributed by atoms with Crippen molar-refractivity contribution in [2.75, 3.05) is 0 Å². The average Bonchev–Trinajstić information content (AvgIpc) is 3.39. The van der Waals surface area contributed by atoms with E-state index in [1.807, 2.05) is 53.5 Å². The lowest BCUT2D eigenvalue weighted by Crippen LogP contribution is -2.58. The first kappa shape index (κ1) is 19.0. The molecular weight excluding hydrogens is 422 g/mol. The molecule has 0 aromatic heterocycles. The van der Waals surface area contributed by atoms with E-state index in [2.05, 4.69) is 11.4 Å². The number of hydrogen-bond acceptors (Lipinski definition) is 6. The molecule has 158 valence electrons. The van der Waals surface area contributed by atoms with Gasteiger partial charge in [0.05, 0.1) is 16.7 Å². The van der Waals surface area contributed by atoms with Crippen molar-refractivity contribution < 1.29 is 14.6 Å². The Bertz CT molecular complexity index is 1270. The SMILES string of the molecule is O=C1N[C@]2(Oc3ccccc3[C@@H]3CC(c4ccccc4)=NN32)S/C1=C\c1ccc(O)cc1. The van der Waals surface area contributed by atoms with Gasteiger partial charge in [-0.05, 0) is 47.2 Å². The monoisotopic (exact) mass is 441 g/mol. The fourth-order valence-electron chi connectivity index (χ4n) is 4.27. The number of phenolic OH excluding ortho intramolecular Hbond substituents is 1. The van der Waals surface area contributed by atoms with Gasteiger partial charge >= 0.3 is 5.18 Å². The number of hydrogen-bond donors (Lipinski definition) is 2. The number of phenols is 1. The van der Waals surface area contributed by atoms with E-state index in [0.29, 0.717) is 4.91 Å². The van der Waals surface area contributed by atoms with E-state index < -0.39 is 5.18 Å². The predicted molar refractivity (Wildman–Crippen MR) is 124 cm³/mol. The fourth-order valence-corrected chi connectivity index (χ4v) is 5.44. The highest BCUT2D eigenvalue weighted by Gasteiger charge is 2.57. The average molecular weight is 442 g/mol. The Hall–Kier alpha value is -3.71. The van der Waals surface area contributed by atoms with Crippen LogP contribution in [0.2, 0.25) is 0 Å². The molecule has 2 atom stereocenters. The number of carbonyl (C=O) groups is 1. The molecule has 1 saturated heterocycles. The van der Waals surface area contributed by atoms with E-state index in [4.69, 9.17) is 9.84 Å². The lowest BCUT2D eigenvalue weighted by molar-refractivity contribution is -0.127. The van der Waals surface area contributed by atoms with Gasteiger partial charge in [0.15, 0.2) is 0 Å². The minimum Gasteiger partial charge on any atom is -0.508 e. The first-order valence-corrected chi connectivity index (χ1v) is 11.2. The summed E-state index contributed by atoms with van der Waals surface area (Å²) in [4.78, 5) is 13.5. The molecule has 3 aromatic rings. The topological polar surface area (TPSA) is 74.2 Å². The molecule has 1 amide bonds. The number of fused-ring (bicyclic) bond motifs is 4. The molecule has 6 nitrogen and oxygen atoms in total. The number of hydrazone groups is 1. The maximum absolute atomic E-state index is 13.0. The van der Waals surface area contributed by atoms with Gasteiger partial charge < -0.3 is 9.84 Å². The smallest absolute Gasteiger partial charge is 0.336 e. The van der Waals surface area contributed by atoms with Crippen molar-refractivity contribution in [1.82, 2.24) is 10.3 Å². The molecule has 1 spiro atoms. The van der Waals surface area contributed by atoms with Crippen molar-refractivity contribution in [3.63, 3.8) is 0 Å². The van der Waals surface area contributed by atoms with Crippen molar-refractivity contribution >= 4 is 29.5 Å². The zero-order valence-electron chi connectivity index (χ0n) is 16.9. The number of rotatable bonds is 2. The summed E-state index contributed by atoms with van der Waals surface area (Å²) >= 11 is 1.31. The summed E-state index contributed by atoms with van der Waals surface area (Å²) in [6.45, 7) is 0. The van der Waals surface area contributed by atoms with E-state index >= 15 is 0 Å². The van der Waals surface area contributed by atoms with E-state index in [0.717, 1.165) is 34.6 Å². The zero-order valence-corrected chi connectivity index (χ0v) is 17.8. The van der Waals surface area contributed by atoms with Gasteiger partial charge in [0.1, 0.15) is 11.5 Å². The number of nitrogens with one attached hydrogen (secondary N) is 1. The summed E-state index contributed by atoms with van der Waals surface area (Å²) in [6.07, 6.45) is 2.52. The highest BCUT2D eigenvalue weighted by molar-refractivity contribution is 8.05. The van der Waals surface area contributed by atoms with Crippen LogP contribution in [0.3, 0.4) is 0 Å². The van der Waals surface area contributed by atoms with Crippen molar-refractivity contribution in [2.24, 2.45) is 5.10 Å². The zero-order chi connectivity index (χ0) is 21.7. The first-order chi connectivity index (χ1) is 15.6. The largest absolute Gasteiger partial charge is 0.508 e. The molecule has 6 rings (SSSR count). The molecule has 3 aliphatic rings. The summed E-state index contributed by atoms with van der Waals surface area (Å²) in [5.41, 5.74) is 3.89. The number of para-hydroxylation sites is 1. The number of aromatic hydroxyl groups is 1. The highest BCUT2D eigenvalue weighted by Crippen LogP contribution is 2.53. The highest BCUT2D eigenvalue weighted by atomic mass is 32.2. The summed E-state index contributed by atoms with van der Waals surface area (Å²) in [5.74, 6) is 0.712. The Labute approximate surface area is 189 Å². The second kappa shape index (κ2) is 7.17. The van der Waals surface area contributed by atoms with E-state index in [1.54, 1.807) is 30.3 Å². The van der Waals surface area contributed by atoms with Gasteiger partial charge in [0, 0.05) is 12.0 Å². The predicted octanol–water partition coefficient (Wildman–Crippen LogP) is 4.45. The molecular formula is C25H19N3O3S. The lowest BCUT2D eigenvalue weighted by Gasteiger charge is -2.43. The third-order valence-corrected chi connectivity index (χ3v) is 6.95. The molecule has 7 heteroatoms. The molecule has 3 aromatic carbocycles. The van der Waals surface area contributed by atoms with Crippen LogP contribution < -0.4 is 10.1 Å². The van der Waals surface area contributed by atoms with Crippen LogP contribution in [0, 0.1) is 0 Å². The molecule has 0 bridgehead atoms. The van der Waals surface area contributed by atoms with Gasteiger partial charge in [-0.3, -0.25) is 10.1 Å². The normalized spacial score (nSPS) is 24.7. The summed E-state index contributed by atoms with van der Waals surface area (Å²) in [7, 11) is 0. The number of thioether (sulfide) groups is 1. The number of amides is 1. The van der Waals surface area contributed by atoms with Crippen molar-refractivity contribution in [2.45, 2.75) is 17.6 Å². The maximum Gasteiger partial charge on any atom is 0.336 e. The van der Waals surface area contributed by atoms with Gasteiger partial charge in [-0.2, -0.15) is 5.10 Å². The van der Waals surface area contributed by atoms with Crippen LogP contribution in [0.5, 0.6) is 11.5 Å². The Morgan fingerprint density at radius 1 is 1.06 bits per heavy atom. The minimum absolute atomic E-state index is 0.0454. The van der Waals surface area contributed by atoms with E-state index in [-0.39, 0.29) is 17.7 Å². The second-order valence-electron chi connectivity index (χ2n) is 7.86. The quantitative estimate of drug-likeness (QED) is 0.575.